The van der Waals surface area contributed by atoms with Gasteiger partial charge in [0.15, 0.2) is 0 Å². The third-order valence-electron chi connectivity index (χ3n) is 6.47. The Morgan fingerprint density at radius 3 is 2.37 bits per heavy atom. The molecule has 0 saturated heterocycles. The summed E-state index contributed by atoms with van der Waals surface area (Å²) in [7, 11) is 0. The van der Waals surface area contributed by atoms with Gasteiger partial charge in [0.2, 0.25) is 5.91 Å². The SMILES string of the molecule is CCOc1ccccc1/C=C(/NC(=O)c1ccccc1)C(=O)Nc1cccc(SC(C)C(=O)Nc2cc(C)ccc2C)c1. The molecule has 8 heteroatoms. The Morgan fingerprint density at radius 1 is 0.860 bits per heavy atom. The maximum absolute atomic E-state index is 13.6. The Labute approximate surface area is 256 Å². The molecule has 43 heavy (non-hydrogen) atoms. The van der Waals surface area contributed by atoms with E-state index in [1.54, 1.807) is 42.5 Å². The fraction of sp³-hybridized carbons (Fsp3) is 0.171. The van der Waals surface area contributed by atoms with E-state index in [9.17, 15) is 14.4 Å². The van der Waals surface area contributed by atoms with E-state index in [1.165, 1.54) is 11.8 Å². The molecule has 4 aromatic carbocycles. The minimum atomic E-state index is -0.501. The highest BCUT2D eigenvalue weighted by Crippen LogP contribution is 2.28. The van der Waals surface area contributed by atoms with Crippen molar-refractivity contribution in [1.29, 1.82) is 0 Å². The van der Waals surface area contributed by atoms with Crippen LogP contribution in [-0.2, 0) is 9.59 Å². The molecule has 7 nitrogen and oxygen atoms in total. The molecule has 3 N–H and O–H groups in total. The van der Waals surface area contributed by atoms with Crippen LogP contribution >= 0.6 is 11.8 Å². The second kappa shape index (κ2) is 14.9. The number of para-hydroxylation sites is 1. The lowest BCUT2D eigenvalue weighted by atomic mass is 10.1. The molecule has 220 valence electrons. The van der Waals surface area contributed by atoms with Crippen molar-refractivity contribution < 1.29 is 19.1 Å². The number of hydrogen-bond donors (Lipinski definition) is 3. The molecule has 4 rings (SSSR count). The van der Waals surface area contributed by atoms with Crippen LogP contribution in [0.15, 0.2) is 108 Å². The zero-order chi connectivity index (χ0) is 30.8. The van der Waals surface area contributed by atoms with E-state index in [0.29, 0.717) is 29.2 Å². The molecule has 0 aliphatic carbocycles. The number of rotatable bonds is 11. The summed E-state index contributed by atoms with van der Waals surface area (Å²) in [6.07, 6.45) is 1.60. The predicted octanol–water partition coefficient (Wildman–Crippen LogP) is 7.23. The van der Waals surface area contributed by atoms with Crippen LogP contribution in [0.4, 0.5) is 11.4 Å². The van der Waals surface area contributed by atoms with Gasteiger partial charge in [-0.3, -0.25) is 14.4 Å². The van der Waals surface area contributed by atoms with Gasteiger partial charge in [-0.2, -0.15) is 0 Å². The number of benzene rings is 4. The van der Waals surface area contributed by atoms with Crippen LogP contribution in [-0.4, -0.2) is 29.6 Å². The summed E-state index contributed by atoms with van der Waals surface area (Å²) in [5.41, 5.74) is 4.51. The summed E-state index contributed by atoms with van der Waals surface area (Å²) in [5, 5.41) is 8.28. The Morgan fingerprint density at radius 2 is 1.60 bits per heavy atom. The zero-order valence-corrected chi connectivity index (χ0v) is 25.5. The quantitative estimate of drug-likeness (QED) is 0.126. The topological polar surface area (TPSA) is 96.5 Å². The summed E-state index contributed by atoms with van der Waals surface area (Å²) in [6, 6.07) is 29.2. The highest BCUT2D eigenvalue weighted by atomic mass is 32.2. The van der Waals surface area contributed by atoms with E-state index in [2.05, 4.69) is 16.0 Å². The van der Waals surface area contributed by atoms with Crippen molar-refractivity contribution in [3.05, 3.63) is 125 Å². The first-order valence-corrected chi connectivity index (χ1v) is 14.9. The Hall–Kier alpha value is -4.82. The summed E-state index contributed by atoms with van der Waals surface area (Å²) in [6.45, 7) is 8.11. The number of thioether (sulfide) groups is 1. The highest BCUT2D eigenvalue weighted by Gasteiger charge is 2.18. The van der Waals surface area contributed by atoms with Gasteiger partial charge >= 0.3 is 0 Å². The van der Waals surface area contributed by atoms with Gasteiger partial charge in [-0.25, -0.2) is 0 Å². The van der Waals surface area contributed by atoms with Gasteiger partial charge in [0.05, 0.1) is 11.9 Å². The Balaban J connectivity index is 1.52. The molecule has 4 aromatic rings. The van der Waals surface area contributed by atoms with Gasteiger partial charge in [-0.05, 0) is 87.4 Å². The molecule has 0 bridgehead atoms. The number of anilines is 2. The van der Waals surface area contributed by atoms with Crippen LogP contribution in [0.25, 0.3) is 6.08 Å². The molecule has 0 fully saturated rings. The highest BCUT2D eigenvalue weighted by molar-refractivity contribution is 8.00. The number of carbonyl (C=O) groups excluding carboxylic acids is 3. The lowest BCUT2D eigenvalue weighted by Gasteiger charge is -2.15. The van der Waals surface area contributed by atoms with Gasteiger partial charge in [0.1, 0.15) is 11.4 Å². The van der Waals surface area contributed by atoms with Gasteiger partial charge in [-0.1, -0.05) is 54.6 Å². The van der Waals surface area contributed by atoms with Crippen LogP contribution in [0.5, 0.6) is 5.75 Å². The lowest BCUT2D eigenvalue weighted by molar-refractivity contribution is -0.115. The standard InChI is InChI=1S/C35H35N3O4S/c1-5-42-32-17-10-9-14-27(32)21-31(38-34(40)26-12-7-6-8-13-26)35(41)36-28-15-11-16-29(22-28)43-25(4)33(39)37-30-20-23(2)18-19-24(30)3/h6-22,25H,5H2,1-4H3,(H,36,41)(H,37,39)(H,38,40)/b31-21+. The smallest absolute Gasteiger partial charge is 0.272 e. The average Bonchev–Trinajstić information content (AvgIpc) is 3.00. The second-order valence-electron chi connectivity index (χ2n) is 9.90. The van der Waals surface area contributed by atoms with Gasteiger partial charge < -0.3 is 20.7 Å². The van der Waals surface area contributed by atoms with Crippen molar-refractivity contribution in [1.82, 2.24) is 5.32 Å². The molecule has 0 aliphatic rings. The largest absolute Gasteiger partial charge is 0.493 e. The number of hydrogen-bond acceptors (Lipinski definition) is 5. The third-order valence-corrected chi connectivity index (χ3v) is 7.57. The van der Waals surface area contributed by atoms with Crippen LogP contribution in [0.2, 0.25) is 0 Å². The van der Waals surface area contributed by atoms with E-state index >= 15 is 0 Å². The van der Waals surface area contributed by atoms with Crippen molar-refractivity contribution in [2.75, 3.05) is 17.2 Å². The number of carbonyl (C=O) groups is 3. The van der Waals surface area contributed by atoms with E-state index in [0.717, 1.165) is 21.7 Å². The van der Waals surface area contributed by atoms with Crippen molar-refractivity contribution in [2.24, 2.45) is 0 Å². The Kier molecular flexibility index (Phi) is 10.8. The lowest BCUT2D eigenvalue weighted by Crippen LogP contribution is -2.30. The fourth-order valence-corrected chi connectivity index (χ4v) is 5.12. The van der Waals surface area contributed by atoms with Crippen molar-refractivity contribution in [3.8, 4) is 5.75 Å². The summed E-state index contributed by atoms with van der Waals surface area (Å²) in [4.78, 5) is 40.3. The molecule has 0 aromatic heterocycles. The predicted molar refractivity (Wildman–Crippen MR) is 174 cm³/mol. The van der Waals surface area contributed by atoms with Gasteiger partial charge in [0, 0.05) is 27.4 Å². The fourth-order valence-electron chi connectivity index (χ4n) is 4.19. The normalized spacial score (nSPS) is 11.8. The average molecular weight is 594 g/mol. The monoisotopic (exact) mass is 593 g/mol. The maximum Gasteiger partial charge on any atom is 0.272 e. The zero-order valence-electron chi connectivity index (χ0n) is 24.6. The molecule has 0 saturated carbocycles. The van der Waals surface area contributed by atoms with Crippen LogP contribution in [0.1, 0.15) is 40.9 Å². The first-order chi connectivity index (χ1) is 20.7. The van der Waals surface area contributed by atoms with Crippen molar-refractivity contribution in [3.63, 3.8) is 0 Å². The molecule has 3 amide bonds. The molecular weight excluding hydrogens is 558 g/mol. The van der Waals surface area contributed by atoms with Gasteiger partial charge in [0.25, 0.3) is 11.8 Å². The summed E-state index contributed by atoms with van der Waals surface area (Å²) in [5.74, 6) is -0.437. The van der Waals surface area contributed by atoms with Crippen LogP contribution in [0, 0.1) is 13.8 Å². The minimum Gasteiger partial charge on any atom is -0.493 e. The van der Waals surface area contributed by atoms with E-state index < -0.39 is 11.8 Å². The first kappa shape index (κ1) is 31.1. The number of amides is 3. The van der Waals surface area contributed by atoms with E-state index in [4.69, 9.17) is 4.74 Å². The number of ether oxygens (including phenoxy) is 1. The second-order valence-corrected chi connectivity index (χ2v) is 11.3. The minimum absolute atomic E-state index is 0.0559. The number of nitrogens with one attached hydrogen (secondary N) is 3. The molecule has 0 heterocycles. The van der Waals surface area contributed by atoms with E-state index in [-0.39, 0.29) is 16.9 Å². The molecular formula is C35H35N3O4S. The summed E-state index contributed by atoms with van der Waals surface area (Å²) >= 11 is 1.38. The molecule has 0 spiro atoms. The molecule has 0 radical (unpaired) electrons. The van der Waals surface area contributed by atoms with Crippen LogP contribution in [0.3, 0.4) is 0 Å². The van der Waals surface area contributed by atoms with Crippen molar-refractivity contribution >= 4 is 46.9 Å². The molecule has 1 atom stereocenters. The summed E-state index contributed by atoms with van der Waals surface area (Å²) < 4.78 is 5.72. The third kappa shape index (κ3) is 8.83. The molecule has 1 unspecified atom stereocenters. The Bertz CT molecular complexity index is 1640. The maximum atomic E-state index is 13.6. The van der Waals surface area contributed by atoms with E-state index in [1.807, 2.05) is 88.4 Å². The number of aryl methyl sites for hydroxylation is 2. The van der Waals surface area contributed by atoms with Gasteiger partial charge in [-0.15, -0.1) is 11.8 Å². The molecule has 0 aliphatic heterocycles. The first-order valence-electron chi connectivity index (χ1n) is 14.0. The van der Waals surface area contributed by atoms with Crippen molar-refractivity contribution in [2.45, 2.75) is 37.8 Å². The van der Waals surface area contributed by atoms with Crippen LogP contribution < -0.4 is 20.7 Å².